The smallest absolute Gasteiger partial charge is 0.339 e. The van der Waals surface area contributed by atoms with Crippen LogP contribution >= 0.6 is 15.9 Å². The minimum absolute atomic E-state index is 0.0965. The molecule has 1 aromatic rings. The second-order valence-electron chi connectivity index (χ2n) is 3.78. The van der Waals surface area contributed by atoms with Gasteiger partial charge in [0.25, 0.3) is 0 Å². The molecule has 17 heavy (non-hydrogen) atoms. The summed E-state index contributed by atoms with van der Waals surface area (Å²) in [6, 6.07) is 3.27. The number of aromatic carboxylic acids is 1. The lowest BCUT2D eigenvalue weighted by Gasteiger charge is -2.15. The number of carboxylic acids is 1. The van der Waals surface area contributed by atoms with Gasteiger partial charge >= 0.3 is 5.97 Å². The molecule has 4 nitrogen and oxygen atoms in total. The van der Waals surface area contributed by atoms with Crippen LogP contribution in [-0.2, 0) is 0 Å². The molecule has 0 amide bonds. The maximum atomic E-state index is 11.1. The third-order valence-electron chi connectivity index (χ3n) is 2.36. The molecule has 0 radical (unpaired) electrons. The first-order chi connectivity index (χ1) is 7.95. The number of rotatable bonds is 5. The standard InChI is InChI=1S/C12H15BrO4/c1-3-9(14)6-17-11-7(2)4-8(13)5-10(11)12(15)16/h4-5,9,14H,3,6H2,1-2H3,(H,15,16). The van der Waals surface area contributed by atoms with Gasteiger partial charge in [0.15, 0.2) is 0 Å². The molecule has 1 rings (SSSR count). The van der Waals surface area contributed by atoms with E-state index in [1.165, 1.54) is 6.07 Å². The molecule has 0 aromatic heterocycles. The molecule has 5 heteroatoms. The molecule has 0 heterocycles. The molecule has 1 atom stereocenters. The van der Waals surface area contributed by atoms with Gasteiger partial charge in [-0.2, -0.15) is 0 Å². The zero-order valence-electron chi connectivity index (χ0n) is 9.74. The second-order valence-corrected chi connectivity index (χ2v) is 4.69. The molecule has 0 spiro atoms. The Morgan fingerprint density at radius 3 is 2.71 bits per heavy atom. The number of ether oxygens (including phenoxy) is 1. The number of hydrogen-bond donors (Lipinski definition) is 2. The van der Waals surface area contributed by atoms with Crippen molar-refractivity contribution < 1.29 is 19.7 Å². The van der Waals surface area contributed by atoms with Crippen molar-refractivity contribution in [1.82, 2.24) is 0 Å². The Morgan fingerprint density at radius 2 is 2.18 bits per heavy atom. The van der Waals surface area contributed by atoms with Crippen LogP contribution in [0.2, 0.25) is 0 Å². The molecule has 0 aliphatic heterocycles. The minimum Gasteiger partial charge on any atom is -0.490 e. The molecule has 0 fully saturated rings. The van der Waals surface area contributed by atoms with Crippen molar-refractivity contribution in [3.05, 3.63) is 27.7 Å². The van der Waals surface area contributed by atoms with Gasteiger partial charge in [-0.3, -0.25) is 0 Å². The zero-order chi connectivity index (χ0) is 13.0. The Bertz CT molecular complexity index is 417. The van der Waals surface area contributed by atoms with E-state index >= 15 is 0 Å². The lowest BCUT2D eigenvalue weighted by Crippen LogP contribution is -2.17. The van der Waals surface area contributed by atoms with Gasteiger partial charge in [0.05, 0.1) is 6.10 Å². The number of hydrogen-bond acceptors (Lipinski definition) is 3. The average Bonchev–Trinajstić information content (AvgIpc) is 2.26. The molecular weight excluding hydrogens is 288 g/mol. The Balaban J connectivity index is 3.00. The number of aliphatic hydroxyl groups excluding tert-OH is 1. The third kappa shape index (κ3) is 3.71. The van der Waals surface area contributed by atoms with E-state index in [2.05, 4.69) is 15.9 Å². The van der Waals surface area contributed by atoms with Crippen molar-refractivity contribution in [3.8, 4) is 5.75 Å². The summed E-state index contributed by atoms with van der Waals surface area (Å²) >= 11 is 3.24. The largest absolute Gasteiger partial charge is 0.490 e. The van der Waals surface area contributed by atoms with Crippen LogP contribution in [0, 0.1) is 6.92 Å². The van der Waals surface area contributed by atoms with Gasteiger partial charge in [-0.25, -0.2) is 4.79 Å². The maximum absolute atomic E-state index is 11.1. The van der Waals surface area contributed by atoms with E-state index in [1.54, 1.807) is 13.0 Å². The monoisotopic (exact) mass is 302 g/mol. The number of halogens is 1. The maximum Gasteiger partial charge on any atom is 0.339 e. The fourth-order valence-corrected chi connectivity index (χ4v) is 1.95. The first kappa shape index (κ1) is 14.0. The van der Waals surface area contributed by atoms with Crippen molar-refractivity contribution in [2.24, 2.45) is 0 Å². The second kappa shape index (κ2) is 6.02. The Morgan fingerprint density at radius 1 is 1.53 bits per heavy atom. The molecule has 0 saturated heterocycles. The fourth-order valence-electron chi connectivity index (χ4n) is 1.38. The first-order valence-electron chi connectivity index (χ1n) is 5.30. The zero-order valence-corrected chi connectivity index (χ0v) is 11.3. The highest BCUT2D eigenvalue weighted by Gasteiger charge is 2.16. The van der Waals surface area contributed by atoms with E-state index in [-0.39, 0.29) is 12.2 Å². The van der Waals surface area contributed by atoms with Crippen LogP contribution in [0.15, 0.2) is 16.6 Å². The number of aliphatic hydroxyl groups is 1. The lowest BCUT2D eigenvalue weighted by molar-refractivity contribution is 0.0681. The van der Waals surface area contributed by atoms with Gasteiger partial charge in [-0.1, -0.05) is 22.9 Å². The van der Waals surface area contributed by atoms with Crippen molar-refractivity contribution in [3.63, 3.8) is 0 Å². The summed E-state index contributed by atoms with van der Waals surface area (Å²) < 4.78 is 6.08. The predicted octanol–water partition coefficient (Wildman–Crippen LogP) is 2.61. The number of carbonyl (C=O) groups is 1. The van der Waals surface area contributed by atoms with E-state index < -0.39 is 12.1 Å². The van der Waals surface area contributed by atoms with Crippen molar-refractivity contribution in [1.29, 1.82) is 0 Å². The van der Waals surface area contributed by atoms with Gasteiger partial charge < -0.3 is 14.9 Å². The number of aryl methyl sites for hydroxylation is 1. The lowest BCUT2D eigenvalue weighted by atomic mass is 10.1. The molecule has 0 aliphatic rings. The third-order valence-corrected chi connectivity index (χ3v) is 2.82. The summed E-state index contributed by atoms with van der Waals surface area (Å²) in [5, 5.41) is 18.5. The van der Waals surface area contributed by atoms with Crippen LogP contribution in [0.1, 0.15) is 29.3 Å². The molecular formula is C12H15BrO4. The normalized spacial score (nSPS) is 12.2. The SMILES string of the molecule is CCC(O)COc1c(C)cc(Br)cc1C(=O)O. The van der Waals surface area contributed by atoms with Crippen LogP contribution in [0.25, 0.3) is 0 Å². The summed E-state index contributed by atoms with van der Waals surface area (Å²) in [5.41, 5.74) is 0.820. The van der Waals surface area contributed by atoms with E-state index in [0.29, 0.717) is 16.6 Å². The first-order valence-corrected chi connectivity index (χ1v) is 6.09. The highest BCUT2D eigenvalue weighted by molar-refractivity contribution is 9.10. The van der Waals surface area contributed by atoms with Gasteiger partial charge in [0.1, 0.15) is 17.9 Å². The Hall–Kier alpha value is -1.07. The van der Waals surface area contributed by atoms with Crippen molar-refractivity contribution >= 4 is 21.9 Å². The molecule has 1 aromatic carbocycles. The summed E-state index contributed by atoms with van der Waals surface area (Å²) in [6.07, 6.45) is -0.0162. The summed E-state index contributed by atoms with van der Waals surface area (Å²) in [5.74, 6) is -0.733. The van der Waals surface area contributed by atoms with E-state index in [9.17, 15) is 9.90 Å². The average molecular weight is 303 g/mol. The molecule has 0 bridgehead atoms. The van der Waals surface area contributed by atoms with E-state index in [1.807, 2.05) is 6.92 Å². The van der Waals surface area contributed by atoms with Gasteiger partial charge in [-0.15, -0.1) is 0 Å². The van der Waals surface area contributed by atoms with Gasteiger partial charge in [0, 0.05) is 4.47 Å². The topological polar surface area (TPSA) is 66.8 Å². The number of carboxylic acid groups (broad SMARTS) is 1. The Kier molecular flexibility index (Phi) is 4.96. The molecule has 0 saturated carbocycles. The highest BCUT2D eigenvalue weighted by atomic mass is 79.9. The molecule has 2 N–H and O–H groups in total. The van der Waals surface area contributed by atoms with Gasteiger partial charge in [-0.05, 0) is 31.0 Å². The summed E-state index contributed by atoms with van der Waals surface area (Å²) in [4.78, 5) is 11.1. The fraction of sp³-hybridized carbons (Fsp3) is 0.417. The van der Waals surface area contributed by atoms with E-state index in [0.717, 1.165) is 5.56 Å². The van der Waals surface area contributed by atoms with Crippen molar-refractivity contribution in [2.75, 3.05) is 6.61 Å². The van der Waals surface area contributed by atoms with Crippen LogP contribution in [0.5, 0.6) is 5.75 Å². The quantitative estimate of drug-likeness (QED) is 0.877. The molecule has 0 aliphatic carbocycles. The summed E-state index contributed by atoms with van der Waals surface area (Å²) in [7, 11) is 0. The van der Waals surface area contributed by atoms with Crippen LogP contribution in [-0.4, -0.2) is 28.9 Å². The van der Waals surface area contributed by atoms with Crippen LogP contribution in [0.4, 0.5) is 0 Å². The van der Waals surface area contributed by atoms with Crippen molar-refractivity contribution in [2.45, 2.75) is 26.4 Å². The van der Waals surface area contributed by atoms with E-state index in [4.69, 9.17) is 9.84 Å². The summed E-state index contributed by atoms with van der Waals surface area (Å²) in [6.45, 7) is 3.70. The van der Waals surface area contributed by atoms with Crippen LogP contribution in [0.3, 0.4) is 0 Å². The highest BCUT2D eigenvalue weighted by Crippen LogP contribution is 2.28. The van der Waals surface area contributed by atoms with Crippen LogP contribution < -0.4 is 4.74 Å². The molecule has 94 valence electrons. The predicted molar refractivity (Wildman–Crippen MR) is 67.6 cm³/mol. The number of benzene rings is 1. The molecule has 1 unspecified atom stereocenters. The van der Waals surface area contributed by atoms with Gasteiger partial charge in [0.2, 0.25) is 0 Å². The minimum atomic E-state index is -1.05. The Labute approximate surface area is 108 Å².